The van der Waals surface area contributed by atoms with Crippen LogP contribution in [0.3, 0.4) is 0 Å². The monoisotopic (exact) mass is 325 g/mol. The highest BCUT2D eigenvalue weighted by Gasteiger charge is 2.22. The summed E-state index contributed by atoms with van der Waals surface area (Å²) in [5.41, 5.74) is 1.02. The summed E-state index contributed by atoms with van der Waals surface area (Å²) in [4.78, 5) is 32.3. The lowest BCUT2D eigenvalue weighted by Crippen LogP contribution is -2.49. The van der Waals surface area contributed by atoms with E-state index in [1.165, 1.54) is 7.11 Å². The Bertz CT molecular complexity index is 708. The number of anilines is 1. The molecule has 0 aliphatic carbocycles. The Morgan fingerprint density at radius 1 is 0.958 bits per heavy atom. The second-order valence-corrected chi connectivity index (χ2v) is 5.54. The highest BCUT2D eigenvalue weighted by Crippen LogP contribution is 2.15. The van der Waals surface area contributed by atoms with E-state index in [2.05, 4.69) is 14.6 Å². The molecule has 1 saturated heterocycles. The summed E-state index contributed by atoms with van der Waals surface area (Å²) >= 11 is 0. The molecular weight excluding hydrogens is 306 g/mol. The van der Waals surface area contributed by atoms with Crippen molar-refractivity contribution in [3.8, 4) is 0 Å². The smallest absolute Gasteiger partial charge is 0.337 e. The lowest BCUT2D eigenvalue weighted by Gasteiger charge is -2.35. The number of ether oxygens (including phenoxy) is 1. The average molecular weight is 325 g/mol. The summed E-state index contributed by atoms with van der Waals surface area (Å²) in [7, 11) is 1.34. The second kappa shape index (κ2) is 7.12. The van der Waals surface area contributed by atoms with Crippen LogP contribution in [-0.4, -0.2) is 55.0 Å². The zero-order chi connectivity index (χ0) is 16.9. The maximum atomic E-state index is 12.6. The number of rotatable bonds is 3. The number of esters is 1. The van der Waals surface area contributed by atoms with E-state index in [0.717, 1.165) is 18.9 Å². The first kappa shape index (κ1) is 16.0. The number of aromatic nitrogens is 1. The Labute approximate surface area is 140 Å². The Kier molecular flexibility index (Phi) is 4.74. The van der Waals surface area contributed by atoms with Crippen LogP contribution in [0.1, 0.15) is 20.7 Å². The molecular formula is C18H19N3O3. The van der Waals surface area contributed by atoms with Crippen LogP contribution in [-0.2, 0) is 4.74 Å². The van der Waals surface area contributed by atoms with E-state index in [1.54, 1.807) is 30.5 Å². The number of hydrogen-bond donors (Lipinski definition) is 0. The van der Waals surface area contributed by atoms with Gasteiger partial charge in [0.2, 0.25) is 0 Å². The molecule has 0 spiro atoms. The lowest BCUT2D eigenvalue weighted by molar-refractivity contribution is 0.0599. The number of amides is 1. The minimum absolute atomic E-state index is 0.0212. The topological polar surface area (TPSA) is 62.7 Å². The zero-order valence-electron chi connectivity index (χ0n) is 13.5. The lowest BCUT2D eigenvalue weighted by atomic mass is 10.1. The molecule has 1 fully saturated rings. The standard InChI is InChI=1S/C18H19N3O3/c1-24-18(23)15-7-5-14(6-8-15)17(22)21-12-10-20(11-13-21)16-4-2-3-9-19-16/h2-9H,10-13H2,1H3. The Balaban J connectivity index is 1.62. The molecule has 3 rings (SSSR count). The first-order valence-electron chi connectivity index (χ1n) is 7.82. The third kappa shape index (κ3) is 3.37. The molecule has 0 N–H and O–H groups in total. The van der Waals surface area contributed by atoms with Crippen molar-refractivity contribution in [3.05, 3.63) is 59.8 Å². The van der Waals surface area contributed by atoms with Crippen LogP contribution >= 0.6 is 0 Å². The highest BCUT2D eigenvalue weighted by atomic mass is 16.5. The van der Waals surface area contributed by atoms with Crippen molar-refractivity contribution in [3.63, 3.8) is 0 Å². The Morgan fingerprint density at radius 3 is 2.21 bits per heavy atom. The maximum absolute atomic E-state index is 12.6. The molecule has 1 aliphatic heterocycles. The largest absolute Gasteiger partial charge is 0.465 e. The third-order valence-corrected chi connectivity index (χ3v) is 4.09. The van der Waals surface area contributed by atoms with Gasteiger partial charge in [-0.2, -0.15) is 0 Å². The van der Waals surface area contributed by atoms with Crippen LogP contribution in [0.4, 0.5) is 5.82 Å². The van der Waals surface area contributed by atoms with Gasteiger partial charge in [-0.3, -0.25) is 4.79 Å². The molecule has 6 heteroatoms. The van der Waals surface area contributed by atoms with Crippen LogP contribution in [0.5, 0.6) is 0 Å². The van der Waals surface area contributed by atoms with E-state index >= 15 is 0 Å². The van der Waals surface area contributed by atoms with E-state index in [1.807, 2.05) is 23.1 Å². The maximum Gasteiger partial charge on any atom is 0.337 e. The highest BCUT2D eigenvalue weighted by molar-refractivity contribution is 5.96. The second-order valence-electron chi connectivity index (χ2n) is 5.54. The molecule has 6 nitrogen and oxygen atoms in total. The summed E-state index contributed by atoms with van der Waals surface area (Å²) in [6.07, 6.45) is 1.77. The molecule has 24 heavy (non-hydrogen) atoms. The normalized spacial score (nSPS) is 14.4. The van der Waals surface area contributed by atoms with E-state index in [-0.39, 0.29) is 5.91 Å². The van der Waals surface area contributed by atoms with Gasteiger partial charge in [0.05, 0.1) is 12.7 Å². The zero-order valence-corrected chi connectivity index (χ0v) is 13.5. The molecule has 2 aromatic rings. The number of benzene rings is 1. The molecule has 0 saturated carbocycles. The molecule has 0 atom stereocenters. The number of methoxy groups -OCH3 is 1. The van der Waals surface area contributed by atoms with Gasteiger partial charge in [0.15, 0.2) is 0 Å². The summed E-state index contributed by atoms with van der Waals surface area (Å²) in [6, 6.07) is 12.4. The van der Waals surface area contributed by atoms with Crippen LogP contribution in [0.25, 0.3) is 0 Å². The Hall–Kier alpha value is -2.89. The number of hydrogen-bond acceptors (Lipinski definition) is 5. The van der Waals surface area contributed by atoms with Gasteiger partial charge in [-0.05, 0) is 36.4 Å². The van der Waals surface area contributed by atoms with Crippen molar-refractivity contribution in [2.24, 2.45) is 0 Å². The first-order valence-corrected chi connectivity index (χ1v) is 7.82. The van der Waals surface area contributed by atoms with Gasteiger partial charge in [0.1, 0.15) is 5.82 Å². The van der Waals surface area contributed by atoms with Crippen LogP contribution < -0.4 is 4.90 Å². The first-order chi connectivity index (χ1) is 11.7. The van der Waals surface area contributed by atoms with E-state index < -0.39 is 5.97 Å². The molecule has 1 aromatic carbocycles. The number of piperazine rings is 1. The molecule has 1 aromatic heterocycles. The quantitative estimate of drug-likeness (QED) is 0.806. The minimum Gasteiger partial charge on any atom is -0.465 e. The van der Waals surface area contributed by atoms with Crippen molar-refractivity contribution >= 4 is 17.7 Å². The van der Waals surface area contributed by atoms with Crippen LogP contribution in [0.15, 0.2) is 48.7 Å². The minimum atomic E-state index is -0.405. The van der Waals surface area contributed by atoms with Crippen molar-refractivity contribution in [1.82, 2.24) is 9.88 Å². The predicted octanol–water partition coefficient (Wildman–Crippen LogP) is 1.83. The van der Waals surface area contributed by atoms with Crippen molar-refractivity contribution in [1.29, 1.82) is 0 Å². The fourth-order valence-electron chi connectivity index (χ4n) is 2.73. The van der Waals surface area contributed by atoms with Crippen molar-refractivity contribution in [2.75, 3.05) is 38.2 Å². The SMILES string of the molecule is COC(=O)c1ccc(C(=O)N2CCN(c3ccccn3)CC2)cc1. The number of carbonyl (C=O) groups is 2. The molecule has 0 bridgehead atoms. The molecule has 0 radical (unpaired) electrons. The van der Waals surface area contributed by atoms with Crippen molar-refractivity contribution in [2.45, 2.75) is 0 Å². The van der Waals surface area contributed by atoms with Crippen LogP contribution in [0.2, 0.25) is 0 Å². The van der Waals surface area contributed by atoms with Crippen molar-refractivity contribution < 1.29 is 14.3 Å². The van der Waals surface area contributed by atoms with Gasteiger partial charge in [-0.1, -0.05) is 6.07 Å². The van der Waals surface area contributed by atoms with Gasteiger partial charge in [-0.25, -0.2) is 9.78 Å². The van der Waals surface area contributed by atoms with Gasteiger partial charge in [-0.15, -0.1) is 0 Å². The summed E-state index contributed by atoms with van der Waals surface area (Å²) < 4.78 is 4.66. The van der Waals surface area contributed by atoms with Gasteiger partial charge >= 0.3 is 5.97 Å². The van der Waals surface area contributed by atoms with Crippen LogP contribution in [0, 0.1) is 0 Å². The molecule has 124 valence electrons. The van der Waals surface area contributed by atoms with E-state index in [0.29, 0.717) is 24.2 Å². The number of nitrogens with zero attached hydrogens (tertiary/aromatic N) is 3. The Morgan fingerprint density at radius 2 is 1.62 bits per heavy atom. The fourth-order valence-corrected chi connectivity index (χ4v) is 2.73. The summed E-state index contributed by atoms with van der Waals surface area (Å²) in [6.45, 7) is 2.80. The molecule has 2 heterocycles. The molecule has 1 aliphatic rings. The fraction of sp³-hybridized carbons (Fsp3) is 0.278. The average Bonchev–Trinajstić information content (AvgIpc) is 2.68. The van der Waals surface area contributed by atoms with Gasteiger partial charge in [0, 0.05) is 37.9 Å². The van der Waals surface area contributed by atoms with E-state index in [9.17, 15) is 9.59 Å². The molecule has 1 amide bonds. The predicted molar refractivity (Wildman–Crippen MR) is 90.1 cm³/mol. The third-order valence-electron chi connectivity index (χ3n) is 4.09. The number of pyridine rings is 1. The summed E-state index contributed by atoms with van der Waals surface area (Å²) in [5, 5.41) is 0. The van der Waals surface area contributed by atoms with Gasteiger partial charge < -0.3 is 14.5 Å². The van der Waals surface area contributed by atoms with E-state index in [4.69, 9.17) is 0 Å². The number of carbonyl (C=O) groups excluding carboxylic acids is 2. The van der Waals surface area contributed by atoms with Gasteiger partial charge in [0.25, 0.3) is 5.91 Å². The molecule has 0 unspecified atom stereocenters. The summed E-state index contributed by atoms with van der Waals surface area (Å²) in [5.74, 6) is 0.511.